The fraction of sp³-hybridized carbons (Fsp3) is 0.429. The van der Waals surface area contributed by atoms with Gasteiger partial charge in [0.05, 0.1) is 11.3 Å². The summed E-state index contributed by atoms with van der Waals surface area (Å²) in [6.07, 6.45) is 6.75. The molecular formula is C14H21N3O. The zero-order chi connectivity index (χ0) is 13.7. The van der Waals surface area contributed by atoms with Crippen molar-refractivity contribution in [3.63, 3.8) is 0 Å². The lowest BCUT2D eigenvalue weighted by Gasteiger charge is -2.06. The molecule has 4 heteroatoms. The van der Waals surface area contributed by atoms with Gasteiger partial charge in [0.2, 0.25) is 0 Å². The molecular weight excluding hydrogens is 226 g/mol. The molecule has 0 aliphatic rings. The normalized spacial score (nSPS) is 12.2. The molecule has 0 spiro atoms. The second-order valence-electron chi connectivity index (χ2n) is 4.18. The minimum absolute atomic E-state index is 0.105. The first-order valence-corrected chi connectivity index (χ1v) is 6.15. The third kappa shape index (κ3) is 3.09. The molecule has 0 saturated carbocycles. The molecule has 98 valence electrons. The molecule has 0 unspecified atom stereocenters. The Morgan fingerprint density at radius 1 is 1.44 bits per heavy atom. The zero-order valence-corrected chi connectivity index (χ0v) is 11.7. The van der Waals surface area contributed by atoms with Crippen LogP contribution in [0.4, 0.5) is 0 Å². The summed E-state index contributed by atoms with van der Waals surface area (Å²) in [5.41, 5.74) is 3.09. The van der Waals surface area contributed by atoms with E-state index < -0.39 is 0 Å². The topological polar surface area (TPSA) is 46.9 Å². The third-order valence-corrected chi connectivity index (χ3v) is 2.84. The monoisotopic (exact) mass is 247 g/mol. The summed E-state index contributed by atoms with van der Waals surface area (Å²) in [5, 5.41) is 7.14. The number of allylic oxidation sites excluding steroid dienone is 3. The number of aromatic nitrogens is 2. The molecule has 0 saturated heterocycles. The van der Waals surface area contributed by atoms with E-state index >= 15 is 0 Å². The SMILES string of the molecule is C/C=C(\C=C/CC)NC(=O)c1c(C)nn(C)c1C. The van der Waals surface area contributed by atoms with Crippen LogP contribution in [0.25, 0.3) is 0 Å². The smallest absolute Gasteiger partial charge is 0.259 e. The molecule has 1 aromatic heterocycles. The number of carbonyl (C=O) groups is 1. The lowest BCUT2D eigenvalue weighted by atomic mass is 10.2. The molecule has 1 N–H and O–H groups in total. The Morgan fingerprint density at radius 2 is 2.11 bits per heavy atom. The number of nitrogens with zero attached hydrogens (tertiary/aromatic N) is 2. The molecule has 1 heterocycles. The van der Waals surface area contributed by atoms with Crippen LogP contribution < -0.4 is 5.32 Å². The lowest BCUT2D eigenvalue weighted by Crippen LogP contribution is -2.23. The lowest BCUT2D eigenvalue weighted by molar-refractivity contribution is 0.0966. The van der Waals surface area contributed by atoms with E-state index in [-0.39, 0.29) is 5.91 Å². The Labute approximate surface area is 108 Å². The molecule has 1 rings (SSSR count). The van der Waals surface area contributed by atoms with Crippen LogP contribution in [-0.2, 0) is 7.05 Å². The average molecular weight is 247 g/mol. The van der Waals surface area contributed by atoms with Crippen LogP contribution in [0, 0.1) is 13.8 Å². The maximum absolute atomic E-state index is 12.2. The quantitative estimate of drug-likeness (QED) is 0.831. The van der Waals surface area contributed by atoms with Crippen molar-refractivity contribution in [2.75, 3.05) is 0 Å². The Hall–Kier alpha value is -1.84. The summed E-state index contributed by atoms with van der Waals surface area (Å²) in [6, 6.07) is 0. The molecule has 1 aromatic rings. The number of aryl methyl sites for hydroxylation is 2. The number of hydrogen-bond acceptors (Lipinski definition) is 2. The summed E-state index contributed by atoms with van der Waals surface area (Å²) in [5.74, 6) is -0.105. The van der Waals surface area contributed by atoms with Gasteiger partial charge in [0.25, 0.3) is 5.91 Å². The Bertz CT molecular complexity index is 495. The first-order chi connectivity index (χ1) is 8.51. The number of carbonyl (C=O) groups excluding carboxylic acids is 1. The van der Waals surface area contributed by atoms with Gasteiger partial charge in [0, 0.05) is 18.4 Å². The average Bonchev–Trinajstić information content (AvgIpc) is 2.58. The van der Waals surface area contributed by atoms with Crippen molar-refractivity contribution in [1.82, 2.24) is 15.1 Å². The Kier molecular flexibility index (Phi) is 4.89. The summed E-state index contributed by atoms with van der Waals surface area (Å²) in [7, 11) is 1.84. The van der Waals surface area contributed by atoms with Crippen LogP contribution in [-0.4, -0.2) is 15.7 Å². The highest BCUT2D eigenvalue weighted by Gasteiger charge is 2.17. The molecule has 0 radical (unpaired) electrons. The largest absolute Gasteiger partial charge is 0.322 e. The van der Waals surface area contributed by atoms with E-state index in [1.807, 2.05) is 46.0 Å². The summed E-state index contributed by atoms with van der Waals surface area (Å²) in [4.78, 5) is 12.2. The minimum Gasteiger partial charge on any atom is -0.322 e. The van der Waals surface area contributed by atoms with Crippen molar-refractivity contribution < 1.29 is 4.79 Å². The molecule has 0 atom stereocenters. The van der Waals surface area contributed by atoms with Gasteiger partial charge < -0.3 is 5.32 Å². The minimum atomic E-state index is -0.105. The van der Waals surface area contributed by atoms with Gasteiger partial charge in [-0.25, -0.2) is 0 Å². The van der Waals surface area contributed by atoms with E-state index in [1.54, 1.807) is 4.68 Å². The van der Waals surface area contributed by atoms with Crippen molar-refractivity contribution in [2.45, 2.75) is 34.1 Å². The molecule has 0 aliphatic carbocycles. The molecule has 0 bridgehead atoms. The third-order valence-electron chi connectivity index (χ3n) is 2.84. The number of hydrogen-bond donors (Lipinski definition) is 1. The van der Waals surface area contributed by atoms with Gasteiger partial charge in [0.1, 0.15) is 0 Å². The van der Waals surface area contributed by atoms with E-state index in [4.69, 9.17) is 0 Å². The van der Waals surface area contributed by atoms with Crippen LogP contribution in [0.1, 0.15) is 42.0 Å². The van der Waals surface area contributed by atoms with E-state index in [0.29, 0.717) is 5.56 Å². The predicted octanol–water partition coefficient (Wildman–Crippen LogP) is 2.64. The highest BCUT2D eigenvalue weighted by molar-refractivity contribution is 5.97. The van der Waals surface area contributed by atoms with E-state index in [9.17, 15) is 4.79 Å². The second kappa shape index (κ2) is 6.19. The molecule has 0 aliphatic heterocycles. The van der Waals surface area contributed by atoms with Gasteiger partial charge in [-0.05, 0) is 33.3 Å². The summed E-state index contributed by atoms with van der Waals surface area (Å²) < 4.78 is 1.72. The van der Waals surface area contributed by atoms with Gasteiger partial charge in [-0.3, -0.25) is 9.48 Å². The predicted molar refractivity (Wildman–Crippen MR) is 73.3 cm³/mol. The van der Waals surface area contributed by atoms with E-state index in [2.05, 4.69) is 17.3 Å². The van der Waals surface area contributed by atoms with Gasteiger partial charge in [0.15, 0.2) is 0 Å². The molecule has 0 aromatic carbocycles. The summed E-state index contributed by atoms with van der Waals surface area (Å²) in [6.45, 7) is 7.70. The fourth-order valence-corrected chi connectivity index (χ4v) is 1.75. The highest BCUT2D eigenvalue weighted by atomic mass is 16.1. The van der Waals surface area contributed by atoms with Gasteiger partial charge in [-0.2, -0.15) is 5.10 Å². The standard InChI is InChI=1S/C14H21N3O/c1-6-8-9-12(7-2)15-14(18)13-10(3)16-17(5)11(13)4/h7-9H,6H2,1-5H3,(H,15,18)/b9-8-,12-7+. The van der Waals surface area contributed by atoms with E-state index in [1.165, 1.54) is 0 Å². The number of nitrogens with one attached hydrogen (secondary N) is 1. The highest BCUT2D eigenvalue weighted by Crippen LogP contribution is 2.12. The van der Waals surface area contributed by atoms with Crippen LogP contribution in [0.3, 0.4) is 0 Å². The Morgan fingerprint density at radius 3 is 2.56 bits per heavy atom. The number of amides is 1. The first kappa shape index (κ1) is 14.2. The fourth-order valence-electron chi connectivity index (χ4n) is 1.75. The summed E-state index contributed by atoms with van der Waals surface area (Å²) >= 11 is 0. The molecule has 4 nitrogen and oxygen atoms in total. The first-order valence-electron chi connectivity index (χ1n) is 6.15. The van der Waals surface area contributed by atoms with Crippen LogP contribution in [0.2, 0.25) is 0 Å². The number of rotatable bonds is 4. The van der Waals surface area contributed by atoms with Gasteiger partial charge in [-0.1, -0.05) is 19.1 Å². The van der Waals surface area contributed by atoms with E-state index in [0.717, 1.165) is 23.5 Å². The zero-order valence-electron chi connectivity index (χ0n) is 11.7. The maximum Gasteiger partial charge on any atom is 0.259 e. The van der Waals surface area contributed by atoms with Gasteiger partial charge in [-0.15, -0.1) is 0 Å². The van der Waals surface area contributed by atoms with Crippen molar-refractivity contribution >= 4 is 5.91 Å². The molecule has 18 heavy (non-hydrogen) atoms. The van der Waals surface area contributed by atoms with Crippen LogP contribution in [0.5, 0.6) is 0 Å². The van der Waals surface area contributed by atoms with Gasteiger partial charge >= 0.3 is 0 Å². The molecule has 1 amide bonds. The van der Waals surface area contributed by atoms with Crippen LogP contribution >= 0.6 is 0 Å². The Balaban J connectivity index is 2.92. The second-order valence-corrected chi connectivity index (χ2v) is 4.18. The van der Waals surface area contributed by atoms with Crippen molar-refractivity contribution in [3.8, 4) is 0 Å². The molecule has 0 fully saturated rings. The van der Waals surface area contributed by atoms with Crippen molar-refractivity contribution in [2.24, 2.45) is 7.05 Å². The van der Waals surface area contributed by atoms with Crippen molar-refractivity contribution in [1.29, 1.82) is 0 Å². The van der Waals surface area contributed by atoms with Crippen LogP contribution in [0.15, 0.2) is 23.9 Å². The van der Waals surface area contributed by atoms with Crippen molar-refractivity contribution in [3.05, 3.63) is 40.9 Å². The maximum atomic E-state index is 12.2.